The van der Waals surface area contributed by atoms with Crippen LogP contribution in [0.1, 0.15) is 20.8 Å². The van der Waals surface area contributed by atoms with Crippen molar-refractivity contribution in [3.05, 3.63) is 24.3 Å². The Hall–Kier alpha value is -1.75. The van der Waals surface area contributed by atoms with E-state index in [1.807, 2.05) is 43.9 Å². The number of carbonyl (C=O) groups excluding carboxylic acids is 1. The number of piperazine rings is 1. The van der Waals surface area contributed by atoms with Crippen LogP contribution in [0.2, 0.25) is 0 Å². The molecule has 1 fully saturated rings. The summed E-state index contributed by atoms with van der Waals surface area (Å²) in [5.41, 5.74) is 1.14. The fourth-order valence-electron chi connectivity index (χ4n) is 3.20. The normalized spacial score (nSPS) is 17.0. The SMILES string of the molecule is CCN(CC)C(=O)[C@@H](C)N1CCN(c2ccccc2OC)CC1. The molecule has 0 bridgehead atoms. The van der Waals surface area contributed by atoms with Crippen LogP contribution in [0.25, 0.3) is 0 Å². The number of benzene rings is 1. The number of hydrogen-bond donors (Lipinski definition) is 0. The first-order valence-corrected chi connectivity index (χ1v) is 8.53. The van der Waals surface area contributed by atoms with E-state index in [-0.39, 0.29) is 11.9 Å². The number of anilines is 1. The van der Waals surface area contributed by atoms with E-state index >= 15 is 0 Å². The molecule has 5 heteroatoms. The molecule has 128 valence electrons. The average molecular weight is 319 g/mol. The average Bonchev–Trinajstić information content (AvgIpc) is 2.62. The van der Waals surface area contributed by atoms with E-state index < -0.39 is 0 Å². The minimum atomic E-state index is -0.0466. The molecule has 23 heavy (non-hydrogen) atoms. The number of amides is 1. The third-order valence-corrected chi connectivity index (χ3v) is 4.72. The number of carbonyl (C=O) groups is 1. The van der Waals surface area contributed by atoms with Gasteiger partial charge >= 0.3 is 0 Å². The van der Waals surface area contributed by atoms with E-state index in [2.05, 4.69) is 15.9 Å². The molecule has 0 radical (unpaired) electrons. The third-order valence-electron chi connectivity index (χ3n) is 4.72. The Morgan fingerprint density at radius 1 is 1.17 bits per heavy atom. The Balaban J connectivity index is 1.97. The van der Waals surface area contributed by atoms with Crippen molar-refractivity contribution in [2.75, 3.05) is 51.3 Å². The highest BCUT2D eigenvalue weighted by molar-refractivity contribution is 5.81. The van der Waals surface area contributed by atoms with Crippen LogP contribution >= 0.6 is 0 Å². The van der Waals surface area contributed by atoms with Crippen molar-refractivity contribution in [3.63, 3.8) is 0 Å². The van der Waals surface area contributed by atoms with Gasteiger partial charge in [-0.2, -0.15) is 0 Å². The maximum absolute atomic E-state index is 12.5. The lowest BCUT2D eigenvalue weighted by Gasteiger charge is -2.40. The van der Waals surface area contributed by atoms with Crippen molar-refractivity contribution in [2.24, 2.45) is 0 Å². The van der Waals surface area contributed by atoms with Crippen LogP contribution in [0.5, 0.6) is 5.75 Å². The van der Waals surface area contributed by atoms with Gasteiger partial charge in [0.1, 0.15) is 5.75 Å². The monoisotopic (exact) mass is 319 g/mol. The minimum Gasteiger partial charge on any atom is -0.495 e. The van der Waals surface area contributed by atoms with Crippen LogP contribution in [0.3, 0.4) is 0 Å². The smallest absolute Gasteiger partial charge is 0.239 e. The second kappa shape index (κ2) is 8.20. The number of likely N-dealkylation sites (N-methyl/N-ethyl adjacent to an activating group) is 1. The molecule has 0 spiro atoms. The summed E-state index contributed by atoms with van der Waals surface area (Å²) in [6.07, 6.45) is 0. The zero-order chi connectivity index (χ0) is 16.8. The van der Waals surface area contributed by atoms with Crippen LogP contribution in [0.4, 0.5) is 5.69 Å². The van der Waals surface area contributed by atoms with Crippen LogP contribution in [0, 0.1) is 0 Å². The van der Waals surface area contributed by atoms with Gasteiger partial charge in [0.25, 0.3) is 0 Å². The van der Waals surface area contributed by atoms with Gasteiger partial charge in [0.2, 0.25) is 5.91 Å². The van der Waals surface area contributed by atoms with Gasteiger partial charge < -0.3 is 14.5 Å². The molecule has 0 saturated carbocycles. The summed E-state index contributed by atoms with van der Waals surface area (Å²) in [6.45, 7) is 11.3. The van der Waals surface area contributed by atoms with Crippen LogP contribution < -0.4 is 9.64 Å². The van der Waals surface area contributed by atoms with Crippen molar-refractivity contribution in [1.82, 2.24) is 9.80 Å². The standard InChI is InChI=1S/C18H29N3O2/c1-5-19(6-2)18(22)15(3)20-11-13-21(14-12-20)16-9-7-8-10-17(16)23-4/h7-10,15H,5-6,11-14H2,1-4H3/t15-/m1/s1. The first-order valence-electron chi connectivity index (χ1n) is 8.53. The van der Waals surface area contributed by atoms with E-state index in [1.165, 1.54) is 0 Å². The maximum atomic E-state index is 12.5. The third kappa shape index (κ3) is 3.96. The van der Waals surface area contributed by atoms with E-state index in [4.69, 9.17) is 4.74 Å². The zero-order valence-electron chi connectivity index (χ0n) is 14.8. The van der Waals surface area contributed by atoms with Gasteiger partial charge in [-0.05, 0) is 32.9 Å². The molecule has 1 atom stereocenters. The summed E-state index contributed by atoms with van der Waals surface area (Å²) in [4.78, 5) is 19.0. The quantitative estimate of drug-likeness (QED) is 0.804. The summed E-state index contributed by atoms with van der Waals surface area (Å²) >= 11 is 0. The van der Waals surface area contributed by atoms with Gasteiger partial charge in [0, 0.05) is 39.3 Å². The molecule has 5 nitrogen and oxygen atoms in total. The van der Waals surface area contributed by atoms with Crippen LogP contribution in [-0.2, 0) is 4.79 Å². The van der Waals surface area contributed by atoms with Crippen molar-refractivity contribution in [3.8, 4) is 5.75 Å². The van der Waals surface area contributed by atoms with Gasteiger partial charge in [0.05, 0.1) is 18.8 Å². The van der Waals surface area contributed by atoms with Crippen molar-refractivity contribution in [2.45, 2.75) is 26.8 Å². The van der Waals surface area contributed by atoms with E-state index in [9.17, 15) is 4.79 Å². The second-order valence-electron chi connectivity index (χ2n) is 5.88. The Bertz CT molecular complexity index is 509. The molecule has 1 amide bonds. The minimum absolute atomic E-state index is 0.0466. The molecule has 1 saturated heterocycles. The Morgan fingerprint density at radius 3 is 2.35 bits per heavy atom. The highest BCUT2D eigenvalue weighted by atomic mass is 16.5. The molecule has 1 heterocycles. The lowest BCUT2D eigenvalue weighted by Crippen LogP contribution is -2.54. The van der Waals surface area contributed by atoms with E-state index in [0.29, 0.717) is 0 Å². The summed E-state index contributed by atoms with van der Waals surface area (Å²) in [7, 11) is 1.71. The summed E-state index contributed by atoms with van der Waals surface area (Å²) in [5, 5.41) is 0. The molecule has 1 aliphatic rings. The molecule has 0 unspecified atom stereocenters. The van der Waals surface area contributed by atoms with Gasteiger partial charge in [-0.1, -0.05) is 12.1 Å². The Morgan fingerprint density at radius 2 is 1.78 bits per heavy atom. The first kappa shape index (κ1) is 17.6. The van der Waals surface area contributed by atoms with Crippen LogP contribution in [0.15, 0.2) is 24.3 Å². The predicted octanol–water partition coefficient (Wildman–Crippen LogP) is 2.07. The molecule has 2 rings (SSSR count). The fourth-order valence-corrected chi connectivity index (χ4v) is 3.20. The predicted molar refractivity (Wildman–Crippen MR) is 94.2 cm³/mol. The lowest BCUT2D eigenvalue weighted by molar-refractivity contribution is -0.136. The first-order chi connectivity index (χ1) is 11.1. The van der Waals surface area contributed by atoms with Crippen molar-refractivity contribution < 1.29 is 9.53 Å². The summed E-state index contributed by atoms with van der Waals surface area (Å²) in [5.74, 6) is 1.15. The highest BCUT2D eigenvalue weighted by Crippen LogP contribution is 2.28. The highest BCUT2D eigenvalue weighted by Gasteiger charge is 2.28. The molecule has 0 aromatic heterocycles. The number of methoxy groups -OCH3 is 1. The number of nitrogens with zero attached hydrogens (tertiary/aromatic N) is 3. The largest absolute Gasteiger partial charge is 0.495 e. The molecular weight excluding hydrogens is 290 g/mol. The Labute approximate surface area is 139 Å². The number of rotatable bonds is 6. The molecular formula is C18H29N3O2. The molecule has 0 aliphatic carbocycles. The topological polar surface area (TPSA) is 36.0 Å². The Kier molecular flexibility index (Phi) is 6.28. The van der Waals surface area contributed by atoms with Gasteiger partial charge in [0.15, 0.2) is 0 Å². The molecule has 0 N–H and O–H groups in total. The lowest BCUT2D eigenvalue weighted by atomic mass is 10.1. The summed E-state index contributed by atoms with van der Waals surface area (Å²) < 4.78 is 5.46. The van der Waals surface area contributed by atoms with Gasteiger partial charge in [-0.25, -0.2) is 0 Å². The van der Waals surface area contributed by atoms with E-state index in [1.54, 1.807) is 7.11 Å². The van der Waals surface area contributed by atoms with Crippen molar-refractivity contribution in [1.29, 1.82) is 0 Å². The van der Waals surface area contributed by atoms with Crippen molar-refractivity contribution >= 4 is 11.6 Å². The molecule has 1 aromatic carbocycles. The molecule has 1 aliphatic heterocycles. The maximum Gasteiger partial charge on any atom is 0.239 e. The van der Waals surface area contributed by atoms with E-state index in [0.717, 1.165) is 50.7 Å². The second-order valence-corrected chi connectivity index (χ2v) is 5.88. The molecule has 1 aromatic rings. The van der Waals surface area contributed by atoms with Gasteiger partial charge in [-0.3, -0.25) is 9.69 Å². The van der Waals surface area contributed by atoms with Gasteiger partial charge in [-0.15, -0.1) is 0 Å². The number of hydrogen-bond acceptors (Lipinski definition) is 4. The fraction of sp³-hybridized carbons (Fsp3) is 0.611. The number of ether oxygens (including phenoxy) is 1. The zero-order valence-corrected chi connectivity index (χ0v) is 14.8. The number of para-hydroxylation sites is 2. The van der Waals surface area contributed by atoms with Crippen LogP contribution in [-0.4, -0.2) is 68.1 Å². The summed E-state index contributed by atoms with van der Waals surface area (Å²) in [6, 6.07) is 8.07.